The van der Waals surface area contributed by atoms with E-state index in [1.807, 2.05) is 0 Å². The van der Waals surface area contributed by atoms with Crippen molar-refractivity contribution in [3.8, 4) is 0 Å². The molecule has 0 saturated carbocycles. The first-order chi connectivity index (χ1) is 7.27. The Balaban J connectivity index is 3.04. The SMILES string of the molecule is CC(C)(CCl)NS(=O)(=O)c1cccc(F)c1. The molecule has 0 heterocycles. The molecule has 0 aromatic heterocycles. The number of rotatable bonds is 4. The predicted octanol–water partition coefficient (Wildman–Crippen LogP) is 2.12. The number of alkyl halides is 1. The number of halogens is 2. The van der Waals surface area contributed by atoms with Crippen molar-refractivity contribution in [1.82, 2.24) is 4.72 Å². The molecule has 1 aromatic carbocycles. The summed E-state index contributed by atoms with van der Waals surface area (Å²) in [6.07, 6.45) is 0. The van der Waals surface area contributed by atoms with Crippen LogP contribution in [0, 0.1) is 5.82 Å². The molecule has 90 valence electrons. The maximum atomic E-state index is 12.9. The lowest BCUT2D eigenvalue weighted by molar-refractivity contribution is 0.495. The molecule has 0 fully saturated rings. The summed E-state index contributed by atoms with van der Waals surface area (Å²) in [4.78, 5) is -0.106. The summed E-state index contributed by atoms with van der Waals surface area (Å²) in [6, 6.07) is 4.83. The van der Waals surface area contributed by atoms with Crippen LogP contribution in [0.2, 0.25) is 0 Å². The van der Waals surface area contributed by atoms with Gasteiger partial charge in [-0.25, -0.2) is 17.5 Å². The van der Waals surface area contributed by atoms with Crippen LogP contribution in [0.15, 0.2) is 29.2 Å². The van der Waals surface area contributed by atoms with Crippen molar-refractivity contribution in [2.45, 2.75) is 24.3 Å². The molecule has 0 unspecified atom stereocenters. The lowest BCUT2D eigenvalue weighted by Gasteiger charge is -2.22. The average molecular weight is 266 g/mol. The van der Waals surface area contributed by atoms with Gasteiger partial charge in [0.2, 0.25) is 10.0 Å². The van der Waals surface area contributed by atoms with E-state index >= 15 is 0 Å². The van der Waals surface area contributed by atoms with Gasteiger partial charge in [-0.15, -0.1) is 11.6 Å². The van der Waals surface area contributed by atoms with Crippen LogP contribution >= 0.6 is 11.6 Å². The molecule has 0 radical (unpaired) electrons. The molecule has 0 aliphatic heterocycles. The number of hydrogen-bond acceptors (Lipinski definition) is 2. The van der Waals surface area contributed by atoms with E-state index in [9.17, 15) is 12.8 Å². The van der Waals surface area contributed by atoms with Gasteiger partial charge in [-0.05, 0) is 32.0 Å². The number of sulfonamides is 1. The molecule has 1 rings (SSSR count). The first-order valence-corrected chi connectivity index (χ1v) is 6.64. The normalized spacial score (nSPS) is 12.8. The van der Waals surface area contributed by atoms with Crippen LogP contribution in [-0.4, -0.2) is 19.8 Å². The van der Waals surface area contributed by atoms with Crippen molar-refractivity contribution in [3.05, 3.63) is 30.1 Å². The highest BCUT2D eigenvalue weighted by molar-refractivity contribution is 7.89. The Morgan fingerprint density at radius 1 is 1.44 bits per heavy atom. The molecule has 0 amide bonds. The number of nitrogens with one attached hydrogen (secondary N) is 1. The zero-order valence-electron chi connectivity index (χ0n) is 9.00. The van der Waals surface area contributed by atoms with Crippen LogP contribution in [0.4, 0.5) is 4.39 Å². The van der Waals surface area contributed by atoms with E-state index in [1.165, 1.54) is 18.2 Å². The maximum Gasteiger partial charge on any atom is 0.241 e. The minimum atomic E-state index is -3.73. The largest absolute Gasteiger partial charge is 0.241 e. The summed E-state index contributed by atoms with van der Waals surface area (Å²) in [5.41, 5.74) is -0.771. The second-order valence-corrected chi connectivity index (χ2v) is 6.03. The first kappa shape index (κ1) is 13.4. The fourth-order valence-electron chi connectivity index (χ4n) is 1.08. The van der Waals surface area contributed by atoms with Crippen LogP contribution < -0.4 is 4.72 Å². The van der Waals surface area contributed by atoms with E-state index in [4.69, 9.17) is 11.6 Å². The van der Waals surface area contributed by atoms with Gasteiger partial charge in [-0.2, -0.15) is 0 Å². The fraction of sp³-hybridized carbons (Fsp3) is 0.400. The second-order valence-electron chi connectivity index (χ2n) is 4.08. The molecule has 16 heavy (non-hydrogen) atoms. The summed E-state index contributed by atoms with van der Waals surface area (Å²) in [5, 5.41) is 0. The third kappa shape index (κ3) is 3.43. The predicted molar refractivity (Wildman–Crippen MR) is 61.5 cm³/mol. The van der Waals surface area contributed by atoms with Crippen molar-refractivity contribution in [1.29, 1.82) is 0 Å². The number of hydrogen-bond donors (Lipinski definition) is 1. The van der Waals surface area contributed by atoms with E-state index in [-0.39, 0.29) is 10.8 Å². The maximum absolute atomic E-state index is 12.9. The highest BCUT2D eigenvalue weighted by atomic mass is 35.5. The molecule has 6 heteroatoms. The van der Waals surface area contributed by atoms with Crippen LogP contribution in [0.1, 0.15) is 13.8 Å². The topological polar surface area (TPSA) is 46.2 Å². The van der Waals surface area contributed by atoms with Crippen LogP contribution in [0.3, 0.4) is 0 Å². The summed E-state index contributed by atoms with van der Waals surface area (Å²) >= 11 is 5.62. The van der Waals surface area contributed by atoms with E-state index < -0.39 is 21.4 Å². The Labute approximate surface area is 99.7 Å². The van der Waals surface area contributed by atoms with Gasteiger partial charge in [0.1, 0.15) is 5.82 Å². The van der Waals surface area contributed by atoms with Crippen molar-refractivity contribution < 1.29 is 12.8 Å². The third-order valence-electron chi connectivity index (χ3n) is 1.85. The summed E-state index contributed by atoms with van der Waals surface area (Å²) in [6.45, 7) is 3.30. The van der Waals surface area contributed by atoms with Gasteiger partial charge in [-0.3, -0.25) is 0 Å². The Hall–Kier alpha value is -0.650. The zero-order chi connectivity index (χ0) is 12.4. The molecule has 0 bridgehead atoms. The van der Waals surface area contributed by atoms with E-state index in [0.29, 0.717) is 0 Å². The zero-order valence-corrected chi connectivity index (χ0v) is 10.6. The lowest BCUT2D eigenvalue weighted by atomic mass is 10.1. The van der Waals surface area contributed by atoms with Gasteiger partial charge in [0.25, 0.3) is 0 Å². The van der Waals surface area contributed by atoms with E-state index in [0.717, 1.165) is 6.07 Å². The standard InChI is InChI=1S/C10H13ClFNO2S/c1-10(2,7-11)13-16(14,15)9-5-3-4-8(12)6-9/h3-6,13H,7H2,1-2H3. The molecule has 0 aliphatic carbocycles. The van der Waals surface area contributed by atoms with Crippen molar-refractivity contribution in [2.24, 2.45) is 0 Å². The molecule has 1 N–H and O–H groups in total. The van der Waals surface area contributed by atoms with E-state index in [1.54, 1.807) is 13.8 Å². The molecular weight excluding hydrogens is 253 g/mol. The van der Waals surface area contributed by atoms with Crippen LogP contribution in [0.5, 0.6) is 0 Å². The summed E-state index contributed by atoms with van der Waals surface area (Å²) < 4.78 is 38.9. The summed E-state index contributed by atoms with van der Waals surface area (Å²) in [7, 11) is -3.73. The van der Waals surface area contributed by atoms with Gasteiger partial charge in [0.15, 0.2) is 0 Å². The highest BCUT2D eigenvalue weighted by Crippen LogP contribution is 2.14. The molecule has 0 saturated heterocycles. The highest BCUT2D eigenvalue weighted by Gasteiger charge is 2.25. The molecule has 0 aliphatic rings. The quantitative estimate of drug-likeness (QED) is 0.848. The van der Waals surface area contributed by atoms with E-state index in [2.05, 4.69) is 4.72 Å². The smallest absolute Gasteiger partial charge is 0.207 e. The van der Waals surface area contributed by atoms with Crippen LogP contribution in [0.25, 0.3) is 0 Å². The molecule has 1 aromatic rings. The van der Waals surface area contributed by atoms with Crippen molar-refractivity contribution in [3.63, 3.8) is 0 Å². The second kappa shape index (κ2) is 4.69. The Morgan fingerprint density at radius 3 is 2.56 bits per heavy atom. The minimum Gasteiger partial charge on any atom is -0.207 e. The van der Waals surface area contributed by atoms with Gasteiger partial charge in [-0.1, -0.05) is 6.07 Å². The minimum absolute atomic E-state index is 0.106. The van der Waals surface area contributed by atoms with Crippen molar-refractivity contribution in [2.75, 3.05) is 5.88 Å². The summed E-state index contributed by atoms with van der Waals surface area (Å²) in [5.74, 6) is -0.465. The van der Waals surface area contributed by atoms with Gasteiger partial charge >= 0.3 is 0 Å². The third-order valence-corrected chi connectivity index (χ3v) is 4.22. The van der Waals surface area contributed by atoms with Gasteiger partial charge in [0.05, 0.1) is 4.90 Å². The number of benzene rings is 1. The lowest BCUT2D eigenvalue weighted by Crippen LogP contribution is -2.44. The Kier molecular flexibility index (Phi) is 3.93. The fourth-order valence-corrected chi connectivity index (χ4v) is 2.67. The molecule has 0 atom stereocenters. The van der Waals surface area contributed by atoms with Gasteiger partial charge in [0, 0.05) is 11.4 Å². The Morgan fingerprint density at radius 2 is 2.06 bits per heavy atom. The van der Waals surface area contributed by atoms with Gasteiger partial charge < -0.3 is 0 Å². The monoisotopic (exact) mass is 265 g/mol. The van der Waals surface area contributed by atoms with Crippen molar-refractivity contribution >= 4 is 21.6 Å². The average Bonchev–Trinajstić information content (AvgIpc) is 2.16. The first-order valence-electron chi connectivity index (χ1n) is 4.62. The molecular formula is C10H13ClFNO2S. The van der Waals surface area contributed by atoms with Crippen LogP contribution in [-0.2, 0) is 10.0 Å². The Bertz CT molecular complexity index is 473. The molecule has 0 spiro atoms. The molecule has 3 nitrogen and oxygen atoms in total.